The van der Waals surface area contributed by atoms with Crippen LogP contribution >= 0.6 is 15.6 Å². The van der Waals surface area contributed by atoms with Gasteiger partial charge in [0.2, 0.25) is 0 Å². The Kier molecular flexibility index (Phi) is 63.7. The molecule has 3 N–H and O–H groups in total. The Morgan fingerprint density at radius 3 is 0.826 bits per heavy atom. The van der Waals surface area contributed by atoms with E-state index in [1.54, 1.807) is 0 Å². The van der Waals surface area contributed by atoms with Crippen molar-refractivity contribution in [3.05, 3.63) is 0 Å². The third-order valence-corrected chi connectivity index (χ3v) is 19.2. The van der Waals surface area contributed by atoms with Crippen LogP contribution in [0.3, 0.4) is 0 Å². The van der Waals surface area contributed by atoms with Crippen molar-refractivity contribution >= 4 is 39.5 Å². The second kappa shape index (κ2) is 65.0. The van der Waals surface area contributed by atoms with Crippen molar-refractivity contribution in [1.29, 1.82) is 0 Å². The summed E-state index contributed by atoms with van der Waals surface area (Å²) in [4.78, 5) is 72.7. The van der Waals surface area contributed by atoms with E-state index in [2.05, 4.69) is 41.5 Å². The van der Waals surface area contributed by atoms with Crippen molar-refractivity contribution in [2.45, 2.75) is 394 Å². The standard InChI is InChI=1S/C73H142O17P2/c1-7-10-12-14-16-18-20-22-23-25-27-31-39-45-51-57-72(77)89-68(61-83-70(75)55-49-43-37-30-26-24-21-19-17-15-13-11-8-2)63-87-91(79,80)85-59-67(74)60-86-92(81,82)88-64-69(90-73(78)58-52-46-40-32-28-29-35-41-47-53-65(4)5)62-84-71(76)56-50-44-38-34-33-36-42-48-54-66(6)9-3/h65-69,74H,7-64H2,1-6H3,(H,79,80)(H,81,82)/t66?,67-,68-,69-/m1/s1. The number of unbranched alkanes of at least 4 members (excludes halogenated alkanes) is 41. The summed E-state index contributed by atoms with van der Waals surface area (Å²) < 4.78 is 68.4. The molecular formula is C73H142O17P2. The minimum atomic E-state index is -4.95. The topological polar surface area (TPSA) is 237 Å². The fourth-order valence-corrected chi connectivity index (χ4v) is 12.7. The highest BCUT2D eigenvalue weighted by Gasteiger charge is 2.30. The molecule has 0 aromatic heterocycles. The van der Waals surface area contributed by atoms with Gasteiger partial charge in [0, 0.05) is 25.7 Å². The van der Waals surface area contributed by atoms with Gasteiger partial charge in [-0.1, -0.05) is 324 Å². The summed E-state index contributed by atoms with van der Waals surface area (Å²) in [6, 6.07) is 0. The lowest BCUT2D eigenvalue weighted by atomic mass is 9.99. The van der Waals surface area contributed by atoms with Gasteiger partial charge < -0.3 is 33.8 Å². The van der Waals surface area contributed by atoms with Crippen molar-refractivity contribution in [1.82, 2.24) is 0 Å². The predicted molar refractivity (Wildman–Crippen MR) is 372 cm³/mol. The van der Waals surface area contributed by atoms with E-state index in [1.807, 2.05) is 0 Å². The molecule has 0 rings (SSSR count). The molecule has 0 aliphatic heterocycles. The summed E-state index contributed by atoms with van der Waals surface area (Å²) in [5.41, 5.74) is 0. The average molecular weight is 1350 g/mol. The first kappa shape index (κ1) is 90.1. The zero-order chi connectivity index (χ0) is 67.9. The van der Waals surface area contributed by atoms with Crippen LogP contribution in [0.15, 0.2) is 0 Å². The predicted octanol–water partition coefficient (Wildman–Crippen LogP) is 21.2. The molecule has 0 aromatic rings. The lowest BCUT2D eigenvalue weighted by Gasteiger charge is -2.21. The maximum absolute atomic E-state index is 13.1. The molecule has 0 fully saturated rings. The first-order chi connectivity index (χ1) is 44.4. The first-order valence-corrected chi connectivity index (χ1v) is 41.0. The number of phosphoric ester groups is 2. The van der Waals surface area contributed by atoms with Gasteiger partial charge in [0.1, 0.15) is 19.3 Å². The molecule has 0 heterocycles. The van der Waals surface area contributed by atoms with Gasteiger partial charge in [0.05, 0.1) is 26.4 Å². The third kappa shape index (κ3) is 65.4. The van der Waals surface area contributed by atoms with Crippen molar-refractivity contribution in [2.24, 2.45) is 11.8 Å². The van der Waals surface area contributed by atoms with Gasteiger partial charge in [-0.05, 0) is 37.5 Å². The van der Waals surface area contributed by atoms with E-state index < -0.39 is 97.5 Å². The second-order valence-corrected chi connectivity index (χ2v) is 30.0. The highest BCUT2D eigenvalue weighted by atomic mass is 31.2. The number of esters is 4. The maximum atomic E-state index is 13.1. The number of rotatable bonds is 72. The van der Waals surface area contributed by atoms with E-state index in [1.165, 1.54) is 193 Å². The summed E-state index contributed by atoms with van der Waals surface area (Å²) >= 11 is 0. The van der Waals surface area contributed by atoms with Gasteiger partial charge in [-0.3, -0.25) is 37.3 Å². The lowest BCUT2D eigenvalue weighted by molar-refractivity contribution is -0.161. The first-order valence-electron chi connectivity index (χ1n) is 38.0. The zero-order valence-corrected chi connectivity index (χ0v) is 61.6. The van der Waals surface area contributed by atoms with E-state index >= 15 is 0 Å². The van der Waals surface area contributed by atoms with Crippen LogP contribution in [0, 0.1) is 11.8 Å². The molecule has 0 aliphatic rings. The Hall–Kier alpha value is -1.94. The Balaban J connectivity index is 5.27. The van der Waals surface area contributed by atoms with Crippen LogP contribution in [0.25, 0.3) is 0 Å². The van der Waals surface area contributed by atoms with Gasteiger partial charge in [-0.2, -0.15) is 0 Å². The van der Waals surface area contributed by atoms with Gasteiger partial charge in [-0.25, -0.2) is 9.13 Å². The van der Waals surface area contributed by atoms with Crippen LogP contribution in [0.1, 0.15) is 375 Å². The molecule has 0 aromatic carbocycles. The molecule has 17 nitrogen and oxygen atoms in total. The van der Waals surface area contributed by atoms with E-state index in [4.69, 9.17) is 37.0 Å². The SMILES string of the molecule is CCCCCCCCCCCCCCCCCC(=O)O[C@H](COC(=O)CCCCCCCCCCCCCCC)COP(=O)(O)OC[C@@H](O)COP(=O)(O)OC[C@@H](COC(=O)CCCCCCCCCCC(C)CC)OC(=O)CCCCCCCCCCCC(C)C. The summed E-state index contributed by atoms with van der Waals surface area (Å²) in [5, 5.41) is 10.6. The smallest absolute Gasteiger partial charge is 0.462 e. The Morgan fingerprint density at radius 2 is 0.554 bits per heavy atom. The van der Waals surface area contributed by atoms with Crippen molar-refractivity contribution in [2.75, 3.05) is 39.6 Å². The lowest BCUT2D eigenvalue weighted by Crippen LogP contribution is -2.30. The molecular weight excluding hydrogens is 1210 g/mol. The number of hydrogen-bond acceptors (Lipinski definition) is 15. The van der Waals surface area contributed by atoms with Crippen LogP contribution < -0.4 is 0 Å². The van der Waals surface area contributed by atoms with Crippen molar-refractivity contribution < 1.29 is 80.2 Å². The molecule has 3 unspecified atom stereocenters. The molecule has 546 valence electrons. The third-order valence-electron chi connectivity index (χ3n) is 17.3. The summed E-state index contributed by atoms with van der Waals surface area (Å²) in [6.07, 6.45) is 51.2. The van der Waals surface area contributed by atoms with E-state index in [0.717, 1.165) is 102 Å². The highest BCUT2D eigenvalue weighted by molar-refractivity contribution is 7.47. The number of aliphatic hydroxyl groups excluding tert-OH is 1. The summed E-state index contributed by atoms with van der Waals surface area (Å²) in [6.45, 7) is 9.56. The van der Waals surface area contributed by atoms with E-state index in [-0.39, 0.29) is 25.7 Å². The van der Waals surface area contributed by atoms with Gasteiger partial charge in [0.25, 0.3) is 0 Å². The molecule has 19 heteroatoms. The number of aliphatic hydroxyl groups is 1. The quantitative estimate of drug-likeness (QED) is 0.0222. The van der Waals surface area contributed by atoms with Gasteiger partial charge in [-0.15, -0.1) is 0 Å². The normalized spacial score (nSPS) is 14.4. The molecule has 92 heavy (non-hydrogen) atoms. The minimum Gasteiger partial charge on any atom is -0.462 e. The highest BCUT2D eigenvalue weighted by Crippen LogP contribution is 2.45. The van der Waals surface area contributed by atoms with Crippen LogP contribution in [-0.2, 0) is 65.4 Å². The molecule has 0 radical (unpaired) electrons. The number of phosphoric acid groups is 2. The zero-order valence-electron chi connectivity index (χ0n) is 59.9. The van der Waals surface area contributed by atoms with Crippen LogP contribution in [0.4, 0.5) is 0 Å². The Labute approximate surface area is 562 Å². The minimum absolute atomic E-state index is 0.105. The molecule has 0 aliphatic carbocycles. The summed E-state index contributed by atoms with van der Waals surface area (Å²) in [7, 11) is -9.91. The summed E-state index contributed by atoms with van der Waals surface area (Å²) in [5.74, 6) is -0.604. The van der Waals surface area contributed by atoms with Crippen molar-refractivity contribution in [3.8, 4) is 0 Å². The van der Waals surface area contributed by atoms with E-state index in [0.29, 0.717) is 25.7 Å². The number of ether oxygens (including phenoxy) is 4. The van der Waals surface area contributed by atoms with Crippen LogP contribution in [0.2, 0.25) is 0 Å². The number of carbonyl (C=O) groups excluding carboxylic acids is 4. The maximum Gasteiger partial charge on any atom is 0.472 e. The molecule has 0 spiro atoms. The molecule has 0 amide bonds. The molecule has 6 atom stereocenters. The fourth-order valence-electron chi connectivity index (χ4n) is 11.1. The number of hydrogen-bond donors (Lipinski definition) is 3. The van der Waals surface area contributed by atoms with Crippen LogP contribution in [-0.4, -0.2) is 96.7 Å². The Bertz CT molecular complexity index is 1790. The van der Waals surface area contributed by atoms with E-state index in [9.17, 15) is 43.2 Å². The Morgan fingerprint density at radius 1 is 0.315 bits per heavy atom. The molecule has 0 saturated carbocycles. The molecule has 0 saturated heterocycles. The molecule has 0 bridgehead atoms. The largest absolute Gasteiger partial charge is 0.472 e. The van der Waals surface area contributed by atoms with Crippen LogP contribution in [0.5, 0.6) is 0 Å². The monoisotopic (exact) mass is 1350 g/mol. The second-order valence-electron chi connectivity index (χ2n) is 27.1. The fraction of sp³-hybridized carbons (Fsp3) is 0.945. The van der Waals surface area contributed by atoms with Crippen molar-refractivity contribution in [3.63, 3.8) is 0 Å². The van der Waals surface area contributed by atoms with Gasteiger partial charge in [0.15, 0.2) is 12.2 Å². The average Bonchev–Trinajstić information content (AvgIpc) is 3.12. The number of carbonyl (C=O) groups is 4. The van der Waals surface area contributed by atoms with Gasteiger partial charge >= 0.3 is 39.5 Å².